The van der Waals surface area contributed by atoms with Gasteiger partial charge in [-0.1, -0.05) is 24.3 Å². The van der Waals surface area contributed by atoms with E-state index < -0.39 is 5.41 Å². The van der Waals surface area contributed by atoms with Crippen molar-refractivity contribution in [2.24, 2.45) is 5.41 Å². The molecule has 0 spiro atoms. The molecule has 0 saturated carbocycles. The molecule has 0 amide bonds. The lowest BCUT2D eigenvalue weighted by atomic mass is 9.86. The molecule has 81 valence electrons. The summed E-state index contributed by atoms with van der Waals surface area (Å²) in [6.07, 6.45) is 0.681. The zero-order valence-corrected chi connectivity index (χ0v) is 9.54. The molecule has 0 aliphatic heterocycles. The molecule has 0 heterocycles. The summed E-state index contributed by atoms with van der Waals surface area (Å²) in [5.74, 6) is -0.179. The molecular formula is C13H17O2. The molecule has 2 nitrogen and oxygen atoms in total. The Morgan fingerprint density at radius 1 is 1.33 bits per heavy atom. The molecule has 0 N–H and O–H groups in total. The molecule has 1 aromatic rings. The average molecular weight is 205 g/mol. The molecule has 1 radical (unpaired) electrons. The van der Waals surface area contributed by atoms with Gasteiger partial charge in [0.05, 0.1) is 12.5 Å². The van der Waals surface area contributed by atoms with Crippen LogP contribution in [0, 0.1) is 12.3 Å². The van der Waals surface area contributed by atoms with Gasteiger partial charge in [0, 0.05) is 0 Å². The number of hydrogen-bond acceptors (Lipinski definition) is 2. The van der Waals surface area contributed by atoms with E-state index in [2.05, 4.69) is 6.92 Å². The van der Waals surface area contributed by atoms with Crippen molar-refractivity contribution in [2.45, 2.75) is 20.3 Å². The van der Waals surface area contributed by atoms with Gasteiger partial charge in [-0.3, -0.25) is 4.79 Å². The molecule has 0 atom stereocenters. The summed E-state index contributed by atoms with van der Waals surface area (Å²) < 4.78 is 4.76. The molecule has 0 bridgehead atoms. The Bertz CT molecular complexity index is 336. The first-order valence-electron chi connectivity index (χ1n) is 4.95. The van der Waals surface area contributed by atoms with E-state index in [4.69, 9.17) is 4.74 Å². The smallest absolute Gasteiger partial charge is 0.311 e. The van der Waals surface area contributed by atoms with Gasteiger partial charge in [-0.2, -0.15) is 0 Å². The fourth-order valence-electron chi connectivity index (χ4n) is 1.52. The standard InChI is InChI=1S/C13H17O2/c1-10-5-7-11(8-6-10)9-13(2,3)12(14)15-4/h5-8H,1,9H2,2-4H3. The van der Waals surface area contributed by atoms with E-state index in [1.54, 1.807) is 0 Å². The van der Waals surface area contributed by atoms with Crippen LogP contribution >= 0.6 is 0 Å². The molecule has 1 rings (SSSR count). The van der Waals surface area contributed by atoms with E-state index in [0.29, 0.717) is 6.42 Å². The maximum Gasteiger partial charge on any atom is 0.311 e. The Morgan fingerprint density at radius 3 is 2.33 bits per heavy atom. The fourth-order valence-corrected chi connectivity index (χ4v) is 1.52. The number of carbonyl (C=O) groups excluding carboxylic acids is 1. The lowest BCUT2D eigenvalue weighted by Crippen LogP contribution is -2.27. The minimum Gasteiger partial charge on any atom is -0.469 e. The van der Waals surface area contributed by atoms with Crippen LogP contribution in [0.4, 0.5) is 0 Å². The zero-order valence-electron chi connectivity index (χ0n) is 9.54. The number of ether oxygens (including phenoxy) is 1. The number of rotatable bonds is 3. The first-order chi connectivity index (χ1) is 6.95. The molecule has 1 aromatic carbocycles. The van der Waals surface area contributed by atoms with Gasteiger partial charge < -0.3 is 4.74 Å². The summed E-state index contributed by atoms with van der Waals surface area (Å²) >= 11 is 0. The predicted molar refractivity (Wildman–Crippen MR) is 60.4 cm³/mol. The third-order valence-electron chi connectivity index (χ3n) is 2.41. The van der Waals surface area contributed by atoms with Gasteiger partial charge in [0.2, 0.25) is 0 Å². The van der Waals surface area contributed by atoms with Crippen molar-refractivity contribution >= 4 is 5.97 Å². The molecule has 0 aliphatic rings. The van der Waals surface area contributed by atoms with Crippen molar-refractivity contribution in [3.63, 3.8) is 0 Å². The summed E-state index contributed by atoms with van der Waals surface area (Å²) in [6, 6.07) is 7.88. The van der Waals surface area contributed by atoms with E-state index >= 15 is 0 Å². The second-order valence-electron chi connectivity index (χ2n) is 4.37. The molecule has 15 heavy (non-hydrogen) atoms. The largest absolute Gasteiger partial charge is 0.469 e. The molecular weight excluding hydrogens is 188 g/mol. The molecule has 0 saturated heterocycles. The second-order valence-corrected chi connectivity index (χ2v) is 4.37. The first-order valence-corrected chi connectivity index (χ1v) is 4.95. The maximum atomic E-state index is 11.5. The van der Waals surface area contributed by atoms with Gasteiger partial charge in [-0.05, 0) is 38.3 Å². The molecule has 2 heteroatoms. The molecule has 0 fully saturated rings. The Morgan fingerprint density at radius 2 is 1.87 bits per heavy atom. The van der Waals surface area contributed by atoms with Gasteiger partial charge in [0.15, 0.2) is 0 Å². The van der Waals surface area contributed by atoms with Gasteiger partial charge in [-0.25, -0.2) is 0 Å². The minimum absolute atomic E-state index is 0.179. The topological polar surface area (TPSA) is 26.3 Å². The van der Waals surface area contributed by atoms with E-state index in [1.165, 1.54) is 7.11 Å². The molecule has 0 aromatic heterocycles. The van der Waals surface area contributed by atoms with Crippen LogP contribution in [-0.2, 0) is 16.0 Å². The van der Waals surface area contributed by atoms with Crippen molar-refractivity contribution in [2.75, 3.05) is 7.11 Å². The maximum absolute atomic E-state index is 11.5. The van der Waals surface area contributed by atoms with Gasteiger partial charge >= 0.3 is 5.97 Å². The monoisotopic (exact) mass is 205 g/mol. The van der Waals surface area contributed by atoms with Crippen LogP contribution in [0.25, 0.3) is 0 Å². The summed E-state index contributed by atoms with van der Waals surface area (Å²) in [5.41, 5.74) is 1.63. The predicted octanol–water partition coefficient (Wildman–Crippen LogP) is 2.61. The minimum atomic E-state index is -0.475. The third-order valence-corrected chi connectivity index (χ3v) is 2.41. The summed E-state index contributed by atoms with van der Waals surface area (Å²) in [6.45, 7) is 7.59. The number of carbonyl (C=O) groups is 1. The lowest BCUT2D eigenvalue weighted by Gasteiger charge is -2.21. The number of methoxy groups -OCH3 is 1. The summed E-state index contributed by atoms with van der Waals surface area (Å²) in [7, 11) is 1.42. The lowest BCUT2D eigenvalue weighted by molar-refractivity contribution is -0.150. The van der Waals surface area contributed by atoms with Crippen LogP contribution in [0.5, 0.6) is 0 Å². The van der Waals surface area contributed by atoms with Crippen molar-refractivity contribution in [3.05, 3.63) is 42.3 Å². The van der Waals surface area contributed by atoms with Gasteiger partial charge in [0.25, 0.3) is 0 Å². The average Bonchev–Trinajstić information content (AvgIpc) is 2.20. The van der Waals surface area contributed by atoms with E-state index in [1.807, 2.05) is 38.1 Å². The van der Waals surface area contributed by atoms with Crippen LogP contribution in [0.1, 0.15) is 25.0 Å². The molecule has 0 aliphatic carbocycles. The van der Waals surface area contributed by atoms with E-state index in [9.17, 15) is 4.79 Å². The van der Waals surface area contributed by atoms with Crippen molar-refractivity contribution in [3.8, 4) is 0 Å². The highest BCUT2D eigenvalue weighted by Crippen LogP contribution is 2.23. The summed E-state index contributed by atoms with van der Waals surface area (Å²) in [5, 5.41) is 0. The Balaban J connectivity index is 2.77. The number of hydrogen-bond donors (Lipinski definition) is 0. The SMILES string of the molecule is [CH2]c1ccc(CC(C)(C)C(=O)OC)cc1. The second kappa shape index (κ2) is 4.47. The fraction of sp³-hybridized carbons (Fsp3) is 0.385. The summed E-state index contributed by atoms with van der Waals surface area (Å²) in [4.78, 5) is 11.5. The molecule has 0 unspecified atom stereocenters. The third kappa shape index (κ3) is 3.08. The zero-order chi connectivity index (χ0) is 11.5. The van der Waals surface area contributed by atoms with Crippen LogP contribution in [0.3, 0.4) is 0 Å². The number of esters is 1. The first kappa shape index (κ1) is 11.8. The Labute approximate surface area is 91.3 Å². The van der Waals surface area contributed by atoms with Crippen LogP contribution < -0.4 is 0 Å². The quantitative estimate of drug-likeness (QED) is 0.709. The van der Waals surface area contributed by atoms with E-state index in [0.717, 1.165) is 11.1 Å². The van der Waals surface area contributed by atoms with Crippen molar-refractivity contribution in [1.29, 1.82) is 0 Å². The van der Waals surface area contributed by atoms with Gasteiger partial charge in [0.1, 0.15) is 0 Å². The highest BCUT2D eigenvalue weighted by molar-refractivity contribution is 5.76. The highest BCUT2D eigenvalue weighted by Gasteiger charge is 2.28. The normalized spacial score (nSPS) is 11.2. The number of benzene rings is 1. The van der Waals surface area contributed by atoms with Crippen molar-refractivity contribution in [1.82, 2.24) is 0 Å². The van der Waals surface area contributed by atoms with Gasteiger partial charge in [-0.15, -0.1) is 0 Å². The van der Waals surface area contributed by atoms with Crippen LogP contribution in [0.15, 0.2) is 24.3 Å². The highest BCUT2D eigenvalue weighted by atomic mass is 16.5. The van der Waals surface area contributed by atoms with E-state index in [-0.39, 0.29) is 5.97 Å². The van der Waals surface area contributed by atoms with Crippen LogP contribution in [-0.4, -0.2) is 13.1 Å². The Hall–Kier alpha value is -1.31. The van der Waals surface area contributed by atoms with Crippen LogP contribution in [0.2, 0.25) is 0 Å². The van der Waals surface area contributed by atoms with Crippen molar-refractivity contribution < 1.29 is 9.53 Å². The Kier molecular flexibility index (Phi) is 3.51.